The highest BCUT2D eigenvalue weighted by molar-refractivity contribution is 7.18. The number of para-hydroxylation sites is 1. The Hall–Kier alpha value is -2.44. The molecule has 3 aromatic rings. The zero-order valence-corrected chi connectivity index (χ0v) is 18.9. The summed E-state index contributed by atoms with van der Waals surface area (Å²) >= 11 is 1.83. The van der Waals surface area contributed by atoms with E-state index in [-0.39, 0.29) is 5.91 Å². The first kappa shape index (κ1) is 20.8. The smallest absolute Gasteiger partial charge is 0.277 e. The molecule has 0 bridgehead atoms. The molecule has 0 spiro atoms. The Bertz CT molecular complexity index is 957. The molecule has 1 aliphatic heterocycles. The molecule has 1 aromatic heterocycles. The van der Waals surface area contributed by atoms with Crippen molar-refractivity contribution >= 4 is 33.1 Å². The second-order valence-electron chi connectivity index (χ2n) is 8.53. The monoisotopic (exact) mass is 423 g/mol. The predicted octanol–water partition coefficient (Wildman–Crippen LogP) is 2.78. The van der Waals surface area contributed by atoms with Crippen LogP contribution in [0.25, 0.3) is 10.2 Å². The number of carbonyl (C=O) groups is 1. The normalized spacial score (nSPS) is 19.0. The number of nitrogens with zero attached hydrogens (tertiary/aromatic N) is 3. The van der Waals surface area contributed by atoms with Crippen LogP contribution in [-0.2, 0) is 11.3 Å². The molecule has 2 heterocycles. The fourth-order valence-electron chi connectivity index (χ4n) is 4.12. The van der Waals surface area contributed by atoms with Crippen molar-refractivity contribution in [2.24, 2.45) is 0 Å². The number of thiazole rings is 1. The lowest BCUT2D eigenvalue weighted by Crippen LogP contribution is -3.14. The van der Waals surface area contributed by atoms with Gasteiger partial charge >= 0.3 is 0 Å². The van der Waals surface area contributed by atoms with Crippen LogP contribution in [0, 0.1) is 0 Å². The van der Waals surface area contributed by atoms with Crippen LogP contribution in [-0.4, -0.2) is 56.6 Å². The molecule has 0 atom stereocenters. The summed E-state index contributed by atoms with van der Waals surface area (Å²) in [7, 11) is 5.98. The van der Waals surface area contributed by atoms with Gasteiger partial charge in [0.25, 0.3) is 5.91 Å². The van der Waals surface area contributed by atoms with Crippen molar-refractivity contribution in [3.05, 3.63) is 59.1 Å². The molecule has 4 rings (SSSR count). The minimum Gasteiger partial charge on any atom is -0.378 e. The van der Waals surface area contributed by atoms with Gasteiger partial charge in [-0.05, 0) is 29.8 Å². The van der Waals surface area contributed by atoms with Gasteiger partial charge in [0.2, 0.25) is 0 Å². The van der Waals surface area contributed by atoms with Crippen LogP contribution in [0.1, 0.15) is 29.3 Å². The molecular weight excluding hydrogens is 392 g/mol. The third kappa shape index (κ3) is 4.82. The van der Waals surface area contributed by atoms with Gasteiger partial charge in [-0.1, -0.05) is 24.3 Å². The van der Waals surface area contributed by atoms with Gasteiger partial charge in [-0.2, -0.15) is 0 Å². The maximum absolute atomic E-state index is 12.7. The number of benzene rings is 2. The quantitative estimate of drug-likeness (QED) is 0.663. The van der Waals surface area contributed by atoms with Crippen LogP contribution in [0.2, 0.25) is 0 Å². The van der Waals surface area contributed by atoms with E-state index in [4.69, 9.17) is 4.98 Å². The summed E-state index contributed by atoms with van der Waals surface area (Å²) in [6.45, 7) is 3.32. The number of piperidine rings is 1. The molecule has 1 saturated heterocycles. The number of quaternary nitrogens is 1. The van der Waals surface area contributed by atoms with Crippen LogP contribution < -0.4 is 9.80 Å². The molecule has 5 nitrogen and oxygen atoms in total. The maximum atomic E-state index is 12.7. The van der Waals surface area contributed by atoms with Gasteiger partial charge in [0.1, 0.15) is 0 Å². The van der Waals surface area contributed by atoms with Crippen LogP contribution >= 0.6 is 11.3 Å². The molecule has 0 unspecified atom stereocenters. The summed E-state index contributed by atoms with van der Waals surface area (Å²) in [5.74, 6) is 0.759. The number of nitrogens with one attached hydrogen (secondary N) is 1. The van der Waals surface area contributed by atoms with Gasteiger partial charge < -0.3 is 14.7 Å². The largest absolute Gasteiger partial charge is 0.378 e. The van der Waals surface area contributed by atoms with Crippen molar-refractivity contribution in [1.82, 2.24) is 9.88 Å². The van der Waals surface area contributed by atoms with Crippen LogP contribution in [0.4, 0.5) is 5.69 Å². The molecule has 0 aliphatic carbocycles. The number of amides is 1. The van der Waals surface area contributed by atoms with Crippen LogP contribution in [0.5, 0.6) is 0 Å². The molecule has 1 amide bonds. The highest BCUT2D eigenvalue weighted by Crippen LogP contribution is 2.31. The number of fused-ring (bicyclic) bond motifs is 1. The van der Waals surface area contributed by atoms with Crippen LogP contribution in [0.3, 0.4) is 0 Å². The van der Waals surface area contributed by atoms with Crippen molar-refractivity contribution < 1.29 is 9.69 Å². The maximum Gasteiger partial charge on any atom is 0.277 e. The SMILES string of the molecule is CN(Cc1ccc(N(C)C)cc1)C(=O)C[NH+]1CCC(c2nc3ccccc3s2)CC1. The molecule has 1 aliphatic rings. The van der Waals surface area contributed by atoms with Crippen molar-refractivity contribution in [2.45, 2.75) is 25.3 Å². The zero-order valence-electron chi connectivity index (χ0n) is 18.1. The highest BCUT2D eigenvalue weighted by atomic mass is 32.1. The molecule has 6 heteroatoms. The van der Waals surface area contributed by atoms with E-state index in [2.05, 4.69) is 53.4 Å². The van der Waals surface area contributed by atoms with Crippen molar-refractivity contribution in [2.75, 3.05) is 45.7 Å². The van der Waals surface area contributed by atoms with E-state index < -0.39 is 0 Å². The van der Waals surface area contributed by atoms with E-state index in [0.29, 0.717) is 19.0 Å². The molecule has 1 N–H and O–H groups in total. The summed E-state index contributed by atoms with van der Waals surface area (Å²) in [5, 5.41) is 1.26. The number of aromatic nitrogens is 1. The number of hydrogen-bond acceptors (Lipinski definition) is 4. The van der Waals surface area contributed by atoms with E-state index in [1.165, 1.54) is 25.9 Å². The molecule has 0 radical (unpaired) electrons. The second-order valence-corrected chi connectivity index (χ2v) is 9.59. The van der Waals surface area contributed by atoms with Crippen molar-refractivity contribution in [1.29, 1.82) is 0 Å². The van der Waals surface area contributed by atoms with E-state index >= 15 is 0 Å². The third-order valence-corrected chi connectivity index (χ3v) is 7.25. The van der Waals surface area contributed by atoms with Crippen LogP contribution in [0.15, 0.2) is 48.5 Å². The van der Waals surface area contributed by atoms with Gasteiger partial charge in [0.05, 0.1) is 28.3 Å². The number of anilines is 1. The number of carbonyl (C=O) groups excluding carboxylic acids is 1. The lowest BCUT2D eigenvalue weighted by molar-refractivity contribution is -0.897. The Labute approximate surface area is 182 Å². The number of likely N-dealkylation sites (N-methyl/N-ethyl adjacent to an activating group) is 1. The van der Waals surface area contributed by atoms with E-state index in [9.17, 15) is 4.79 Å². The topological polar surface area (TPSA) is 40.9 Å². The Morgan fingerprint density at radius 1 is 1.07 bits per heavy atom. The minimum absolute atomic E-state index is 0.222. The first-order valence-corrected chi connectivity index (χ1v) is 11.5. The predicted molar refractivity (Wildman–Crippen MR) is 124 cm³/mol. The number of likely N-dealkylation sites (tertiary alicyclic amines) is 1. The summed E-state index contributed by atoms with van der Waals surface area (Å²) in [4.78, 5) is 22.9. The van der Waals surface area contributed by atoms with E-state index in [1.54, 1.807) is 0 Å². The lowest BCUT2D eigenvalue weighted by atomic mass is 9.97. The molecule has 0 saturated carbocycles. The van der Waals surface area contributed by atoms with E-state index in [1.807, 2.05) is 37.4 Å². The number of hydrogen-bond donors (Lipinski definition) is 1. The standard InChI is InChI=1S/C24H30N4OS/c1-26(2)20-10-8-18(9-11-20)16-27(3)23(29)17-28-14-12-19(13-15-28)24-25-21-6-4-5-7-22(21)30-24/h4-11,19H,12-17H2,1-3H3/p+1. The van der Waals surface area contributed by atoms with Gasteiger partial charge in [-0.15, -0.1) is 11.3 Å². The van der Waals surface area contributed by atoms with Crippen molar-refractivity contribution in [3.63, 3.8) is 0 Å². The van der Waals surface area contributed by atoms with E-state index in [0.717, 1.165) is 31.4 Å². The molecule has 2 aromatic carbocycles. The van der Waals surface area contributed by atoms with Gasteiger partial charge in [-0.3, -0.25) is 4.79 Å². The minimum atomic E-state index is 0.222. The fourth-order valence-corrected chi connectivity index (χ4v) is 5.26. The Kier molecular flexibility index (Phi) is 6.35. The highest BCUT2D eigenvalue weighted by Gasteiger charge is 2.27. The molecule has 1 fully saturated rings. The first-order chi connectivity index (χ1) is 14.5. The average Bonchev–Trinajstić information content (AvgIpc) is 3.19. The van der Waals surface area contributed by atoms with Gasteiger partial charge in [-0.25, -0.2) is 4.98 Å². The summed E-state index contributed by atoms with van der Waals surface area (Å²) in [5.41, 5.74) is 3.46. The number of rotatable bonds is 6. The summed E-state index contributed by atoms with van der Waals surface area (Å²) < 4.78 is 1.28. The third-order valence-electron chi connectivity index (χ3n) is 6.05. The Morgan fingerprint density at radius 3 is 2.43 bits per heavy atom. The zero-order chi connectivity index (χ0) is 21.1. The summed E-state index contributed by atoms with van der Waals surface area (Å²) in [6, 6.07) is 16.8. The Balaban J connectivity index is 1.27. The van der Waals surface area contributed by atoms with Crippen molar-refractivity contribution in [3.8, 4) is 0 Å². The first-order valence-electron chi connectivity index (χ1n) is 10.7. The lowest BCUT2D eigenvalue weighted by Gasteiger charge is -2.29. The molecule has 30 heavy (non-hydrogen) atoms. The summed E-state index contributed by atoms with van der Waals surface area (Å²) in [6.07, 6.45) is 2.22. The fraction of sp³-hybridized carbons (Fsp3) is 0.417. The molecule has 158 valence electrons. The second kappa shape index (κ2) is 9.14. The molecular formula is C24H31N4OS+. The van der Waals surface area contributed by atoms with Gasteiger partial charge in [0.15, 0.2) is 6.54 Å². The van der Waals surface area contributed by atoms with Gasteiger partial charge in [0, 0.05) is 52.1 Å². The Morgan fingerprint density at radius 2 is 1.77 bits per heavy atom. The average molecular weight is 424 g/mol.